The normalized spacial score (nSPS) is 17.0. The first-order chi connectivity index (χ1) is 12.5. The lowest BCUT2D eigenvalue weighted by molar-refractivity contribution is -0.130. The number of H-pyrrole nitrogens is 1. The van der Waals surface area contributed by atoms with Gasteiger partial charge >= 0.3 is 0 Å². The monoisotopic (exact) mass is 360 g/mol. The average molecular weight is 360 g/mol. The molecule has 0 bridgehead atoms. The Morgan fingerprint density at radius 1 is 1.38 bits per heavy atom. The standard InChI is InChI=1S/C18H18F2N4O2/c1-2-16(25)24-8-4-5-11(10-24)18(26)21-15-9-14(22-23-15)12-6-3-7-13(19)17(12)20/h2-3,6-7,9,11H,1,4-5,8,10H2,(H2,21,22,23,26). The highest BCUT2D eigenvalue weighted by molar-refractivity contribution is 5.93. The Morgan fingerprint density at radius 3 is 2.96 bits per heavy atom. The Hall–Kier alpha value is -3.03. The molecule has 8 heteroatoms. The van der Waals surface area contributed by atoms with E-state index in [0.717, 1.165) is 12.5 Å². The summed E-state index contributed by atoms with van der Waals surface area (Å²) < 4.78 is 27.2. The summed E-state index contributed by atoms with van der Waals surface area (Å²) >= 11 is 0. The van der Waals surface area contributed by atoms with Crippen LogP contribution in [-0.4, -0.2) is 40.0 Å². The molecule has 1 aromatic carbocycles. The molecule has 2 heterocycles. The molecular formula is C18H18F2N4O2. The smallest absolute Gasteiger partial charge is 0.245 e. The first kappa shape index (κ1) is 17.8. The molecule has 1 atom stereocenters. The van der Waals surface area contributed by atoms with Crippen LogP contribution in [0.15, 0.2) is 36.9 Å². The van der Waals surface area contributed by atoms with Crippen molar-refractivity contribution >= 4 is 17.6 Å². The van der Waals surface area contributed by atoms with Gasteiger partial charge in [0.25, 0.3) is 0 Å². The highest BCUT2D eigenvalue weighted by Crippen LogP contribution is 2.25. The number of hydrogen-bond donors (Lipinski definition) is 2. The number of nitrogens with one attached hydrogen (secondary N) is 2. The Kier molecular flexibility index (Phi) is 5.11. The zero-order chi connectivity index (χ0) is 18.7. The molecule has 0 radical (unpaired) electrons. The number of aromatic amines is 1. The molecular weight excluding hydrogens is 342 g/mol. The third kappa shape index (κ3) is 3.63. The van der Waals surface area contributed by atoms with E-state index in [4.69, 9.17) is 0 Å². The van der Waals surface area contributed by atoms with Crippen LogP contribution in [0.1, 0.15) is 12.8 Å². The Labute approximate surface area is 148 Å². The molecule has 2 amide bonds. The van der Waals surface area contributed by atoms with Gasteiger partial charge in [-0.15, -0.1) is 0 Å². The van der Waals surface area contributed by atoms with Crippen molar-refractivity contribution in [3.63, 3.8) is 0 Å². The van der Waals surface area contributed by atoms with E-state index in [9.17, 15) is 18.4 Å². The van der Waals surface area contributed by atoms with Gasteiger partial charge in [-0.05, 0) is 31.1 Å². The SMILES string of the molecule is C=CC(=O)N1CCCC(C(=O)Nc2cc(-c3cccc(F)c3F)[nH]n2)C1. The maximum Gasteiger partial charge on any atom is 0.245 e. The summed E-state index contributed by atoms with van der Waals surface area (Å²) in [6.45, 7) is 4.36. The summed E-state index contributed by atoms with van der Waals surface area (Å²) in [6, 6.07) is 5.26. The van der Waals surface area contributed by atoms with Crippen LogP contribution in [0.3, 0.4) is 0 Å². The molecule has 6 nitrogen and oxygen atoms in total. The topological polar surface area (TPSA) is 78.1 Å². The van der Waals surface area contributed by atoms with Gasteiger partial charge in [-0.2, -0.15) is 5.10 Å². The van der Waals surface area contributed by atoms with Crippen LogP contribution < -0.4 is 5.32 Å². The summed E-state index contributed by atoms with van der Waals surface area (Å²) in [6.07, 6.45) is 2.61. The summed E-state index contributed by atoms with van der Waals surface area (Å²) in [7, 11) is 0. The molecule has 136 valence electrons. The second kappa shape index (κ2) is 7.47. The van der Waals surface area contributed by atoms with Crippen molar-refractivity contribution in [2.24, 2.45) is 5.92 Å². The second-order valence-electron chi connectivity index (χ2n) is 6.09. The van der Waals surface area contributed by atoms with Crippen LogP contribution in [0.5, 0.6) is 0 Å². The second-order valence-corrected chi connectivity index (χ2v) is 6.09. The number of benzene rings is 1. The van der Waals surface area contributed by atoms with Crippen LogP contribution in [0, 0.1) is 17.6 Å². The van der Waals surface area contributed by atoms with E-state index in [1.165, 1.54) is 24.3 Å². The van der Waals surface area contributed by atoms with Crippen molar-refractivity contribution in [1.29, 1.82) is 0 Å². The number of piperidine rings is 1. The first-order valence-electron chi connectivity index (χ1n) is 8.21. The lowest BCUT2D eigenvalue weighted by atomic mass is 9.97. The van der Waals surface area contributed by atoms with Gasteiger partial charge in [-0.25, -0.2) is 8.78 Å². The Balaban J connectivity index is 1.69. The van der Waals surface area contributed by atoms with Crippen molar-refractivity contribution in [3.05, 3.63) is 48.6 Å². The molecule has 0 aliphatic carbocycles. The van der Waals surface area contributed by atoms with E-state index >= 15 is 0 Å². The molecule has 1 unspecified atom stereocenters. The summed E-state index contributed by atoms with van der Waals surface area (Å²) in [5, 5.41) is 9.16. The van der Waals surface area contributed by atoms with Gasteiger partial charge in [0.1, 0.15) is 0 Å². The molecule has 0 spiro atoms. The zero-order valence-corrected chi connectivity index (χ0v) is 14.0. The van der Waals surface area contributed by atoms with Gasteiger partial charge in [0.2, 0.25) is 11.8 Å². The maximum absolute atomic E-state index is 13.8. The van der Waals surface area contributed by atoms with E-state index in [-0.39, 0.29) is 34.8 Å². The molecule has 1 aliphatic rings. The predicted molar refractivity (Wildman–Crippen MR) is 92.1 cm³/mol. The Morgan fingerprint density at radius 2 is 2.19 bits per heavy atom. The van der Waals surface area contributed by atoms with E-state index in [1.54, 1.807) is 4.90 Å². The molecule has 1 aromatic heterocycles. The van der Waals surface area contributed by atoms with Crippen molar-refractivity contribution in [1.82, 2.24) is 15.1 Å². The van der Waals surface area contributed by atoms with E-state index < -0.39 is 11.6 Å². The maximum atomic E-state index is 13.8. The van der Waals surface area contributed by atoms with Gasteiger partial charge in [0, 0.05) is 24.7 Å². The number of anilines is 1. The number of halogens is 2. The quantitative estimate of drug-likeness (QED) is 0.823. The van der Waals surface area contributed by atoms with Crippen molar-refractivity contribution in [2.45, 2.75) is 12.8 Å². The van der Waals surface area contributed by atoms with E-state index in [0.29, 0.717) is 19.5 Å². The fraction of sp³-hybridized carbons (Fsp3) is 0.278. The number of rotatable bonds is 4. The molecule has 2 aromatic rings. The number of likely N-dealkylation sites (tertiary alicyclic amines) is 1. The van der Waals surface area contributed by atoms with Crippen molar-refractivity contribution < 1.29 is 18.4 Å². The molecule has 3 rings (SSSR count). The third-order valence-corrected chi connectivity index (χ3v) is 4.35. The van der Waals surface area contributed by atoms with E-state index in [2.05, 4.69) is 22.1 Å². The first-order valence-corrected chi connectivity index (χ1v) is 8.21. The van der Waals surface area contributed by atoms with Crippen LogP contribution in [0.25, 0.3) is 11.3 Å². The zero-order valence-electron chi connectivity index (χ0n) is 14.0. The Bertz CT molecular complexity index is 849. The molecule has 1 saturated heterocycles. The van der Waals surface area contributed by atoms with Gasteiger partial charge in [-0.3, -0.25) is 14.7 Å². The van der Waals surface area contributed by atoms with Gasteiger partial charge in [0.15, 0.2) is 17.5 Å². The number of aromatic nitrogens is 2. The molecule has 1 fully saturated rings. The van der Waals surface area contributed by atoms with Gasteiger partial charge < -0.3 is 10.2 Å². The van der Waals surface area contributed by atoms with E-state index in [1.807, 2.05) is 0 Å². The highest BCUT2D eigenvalue weighted by Gasteiger charge is 2.28. The van der Waals surface area contributed by atoms with Crippen molar-refractivity contribution in [2.75, 3.05) is 18.4 Å². The minimum absolute atomic E-state index is 0.0263. The minimum atomic E-state index is -0.986. The molecule has 26 heavy (non-hydrogen) atoms. The number of nitrogens with zero attached hydrogens (tertiary/aromatic N) is 2. The number of amides is 2. The average Bonchev–Trinajstić information content (AvgIpc) is 3.11. The fourth-order valence-corrected chi connectivity index (χ4v) is 2.98. The summed E-state index contributed by atoms with van der Waals surface area (Å²) in [5.41, 5.74) is 0.280. The third-order valence-electron chi connectivity index (χ3n) is 4.35. The van der Waals surface area contributed by atoms with Crippen LogP contribution in [-0.2, 0) is 9.59 Å². The van der Waals surface area contributed by atoms with Crippen LogP contribution in [0.2, 0.25) is 0 Å². The number of carbonyl (C=O) groups is 2. The van der Waals surface area contributed by atoms with Gasteiger partial charge in [-0.1, -0.05) is 12.6 Å². The van der Waals surface area contributed by atoms with Crippen LogP contribution in [0.4, 0.5) is 14.6 Å². The lowest BCUT2D eigenvalue weighted by Gasteiger charge is -2.31. The summed E-state index contributed by atoms with van der Waals surface area (Å²) in [5.74, 6) is -2.58. The van der Waals surface area contributed by atoms with Crippen LogP contribution >= 0.6 is 0 Å². The minimum Gasteiger partial charge on any atom is -0.338 e. The highest BCUT2D eigenvalue weighted by atomic mass is 19.2. The lowest BCUT2D eigenvalue weighted by Crippen LogP contribution is -2.43. The van der Waals surface area contributed by atoms with Gasteiger partial charge in [0.05, 0.1) is 11.6 Å². The number of hydrogen-bond acceptors (Lipinski definition) is 3. The van der Waals surface area contributed by atoms with Crippen molar-refractivity contribution in [3.8, 4) is 11.3 Å². The number of carbonyl (C=O) groups excluding carboxylic acids is 2. The molecule has 2 N–H and O–H groups in total. The predicted octanol–water partition coefficient (Wildman–Crippen LogP) is 2.72. The largest absolute Gasteiger partial charge is 0.338 e. The molecule has 0 saturated carbocycles. The molecule has 1 aliphatic heterocycles. The fourth-order valence-electron chi connectivity index (χ4n) is 2.98. The summed E-state index contributed by atoms with van der Waals surface area (Å²) in [4.78, 5) is 25.7.